The predicted molar refractivity (Wildman–Crippen MR) is 78.3 cm³/mol. The van der Waals surface area contributed by atoms with Gasteiger partial charge in [-0.1, -0.05) is 30.3 Å². The molecule has 2 rings (SSSR count). The van der Waals surface area contributed by atoms with Crippen LogP contribution in [0.1, 0.15) is 18.9 Å². The number of halogens is 2. The monoisotopic (exact) mass is 276 g/mol. The first-order chi connectivity index (χ1) is 7.36. The van der Waals surface area contributed by atoms with E-state index < -0.39 is 0 Å². The summed E-state index contributed by atoms with van der Waals surface area (Å²) in [6.07, 6.45) is 1.26. The van der Waals surface area contributed by atoms with Gasteiger partial charge in [0.05, 0.1) is 0 Å². The zero-order valence-corrected chi connectivity index (χ0v) is 11.9. The van der Waals surface area contributed by atoms with E-state index in [-0.39, 0.29) is 24.8 Å². The lowest BCUT2D eigenvalue weighted by molar-refractivity contribution is 0.211. The zero-order chi connectivity index (χ0) is 10.5. The van der Waals surface area contributed by atoms with Crippen LogP contribution in [0, 0.1) is 0 Å². The minimum atomic E-state index is 0. The summed E-state index contributed by atoms with van der Waals surface area (Å²) in [4.78, 5) is 2.56. The fourth-order valence-electron chi connectivity index (χ4n) is 2.11. The van der Waals surface area contributed by atoms with Crippen LogP contribution in [0.4, 0.5) is 0 Å². The van der Waals surface area contributed by atoms with E-state index in [0.717, 1.165) is 26.2 Å². The van der Waals surface area contributed by atoms with E-state index in [1.165, 1.54) is 12.0 Å². The first kappa shape index (κ1) is 16.7. The van der Waals surface area contributed by atoms with Crippen LogP contribution in [-0.4, -0.2) is 30.6 Å². The van der Waals surface area contributed by atoms with E-state index in [4.69, 9.17) is 0 Å². The third-order valence-electron chi connectivity index (χ3n) is 3.17. The van der Waals surface area contributed by atoms with Gasteiger partial charge < -0.3 is 5.32 Å². The first-order valence-corrected chi connectivity index (χ1v) is 5.85. The van der Waals surface area contributed by atoms with Crippen molar-refractivity contribution in [3.05, 3.63) is 35.9 Å². The second-order valence-electron chi connectivity index (χ2n) is 4.34. The summed E-state index contributed by atoms with van der Waals surface area (Å²) < 4.78 is 0. The third-order valence-corrected chi connectivity index (χ3v) is 3.17. The molecule has 0 spiro atoms. The SMILES string of the molecule is CC1CCNCCN1Cc1ccccc1.Cl.Cl. The van der Waals surface area contributed by atoms with E-state index in [2.05, 4.69) is 47.5 Å². The normalized spacial score (nSPS) is 20.9. The minimum Gasteiger partial charge on any atom is -0.315 e. The molecule has 2 nitrogen and oxygen atoms in total. The summed E-state index contributed by atoms with van der Waals surface area (Å²) in [5.74, 6) is 0. The zero-order valence-electron chi connectivity index (χ0n) is 10.3. The second kappa shape index (κ2) is 8.76. The molecule has 1 aliphatic rings. The molecule has 17 heavy (non-hydrogen) atoms. The number of benzene rings is 1. The lowest BCUT2D eigenvalue weighted by atomic mass is 10.1. The molecule has 98 valence electrons. The summed E-state index contributed by atoms with van der Waals surface area (Å²) in [5.41, 5.74) is 1.42. The predicted octanol–water partition coefficient (Wildman–Crippen LogP) is 2.71. The van der Waals surface area contributed by atoms with Gasteiger partial charge in [-0.3, -0.25) is 4.90 Å². The largest absolute Gasteiger partial charge is 0.315 e. The van der Waals surface area contributed by atoms with E-state index in [9.17, 15) is 0 Å². The van der Waals surface area contributed by atoms with Gasteiger partial charge in [-0.15, -0.1) is 24.8 Å². The molecule has 0 radical (unpaired) electrons. The summed E-state index contributed by atoms with van der Waals surface area (Å²) in [6.45, 7) is 6.86. The summed E-state index contributed by atoms with van der Waals surface area (Å²) >= 11 is 0. The lowest BCUT2D eigenvalue weighted by Gasteiger charge is -2.26. The number of hydrogen-bond acceptors (Lipinski definition) is 2. The molecule has 1 aliphatic heterocycles. The van der Waals surface area contributed by atoms with Crippen LogP contribution in [0.3, 0.4) is 0 Å². The molecule has 0 amide bonds. The van der Waals surface area contributed by atoms with Gasteiger partial charge in [0.2, 0.25) is 0 Å². The Balaban J connectivity index is 0.00000128. The first-order valence-electron chi connectivity index (χ1n) is 5.85. The van der Waals surface area contributed by atoms with Crippen molar-refractivity contribution in [2.45, 2.75) is 25.9 Å². The van der Waals surface area contributed by atoms with Gasteiger partial charge in [-0.25, -0.2) is 0 Å². The fourth-order valence-corrected chi connectivity index (χ4v) is 2.11. The lowest BCUT2D eigenvalue weighted by Crippen LogP contribution is -2.33. The average Bonchev–Trinajstić information content (AvgIpc) is 2.46. The van der Waals surface area contributed by atoms with Gasteiger partial charge in [0.15, 0.2) is 0 Å². The molecule has 1 saturated heterocycles. The second-order valence-corrected chi connectivity index (χ2v) is 4.34. The van der Waals surface area contributed by atoms with Crippen molar-refractivity contribution in [1.29, 1.82) is 0 Å². The molecule has 1 heterocycles. The number of nitrogens with zero attached hydrogens (tertiary/aromatic N) is 1. The van der Waals surface area contributed by atoms with Crippen molar-refractivity contribution >= 4 is 24.8 Å². The molecule has 0 bridgehead atoms. The number of hydrogen-bond donors (Lipinski definition) is 1. The van der Waals surface area contributed by atoms with Crippen molar-refractivity contribution in [3.63, 3.8) is 0 Å². The molecule has 1 aromatic carbocycles. The summed E-state index contributed by atoms with van der Waals surface area (Å²) in [6, 6.07) is 11.4. The van der Waals surface area contributed by atoms with E-state index in [1.54, 1.807) is 0 Å². The minimum absolute atomic E-state index is 0. The maximum Gasteiger partial charge on any atom is 0.0237 e. The highest BCUT2D eigenvalue weighted by molar-refractivity contribution is 5.85. The Morgan fingerprint density at radius 2 is 1.88 bits per heavy atom. The Morgan fingerprint density at radius 1 is 1.18 bits per heavy atom. The standard InChI is InChI=1S/C13H20N2.2ClH/c1-12-7-8-14-9-10-15(12)11-13-5-3-2-4-6-13;;/h2-6,12,14H,7-11H2,1H3;2*1H. The van der Waals surface area contributed by atoms with Crippen LogP contribution in [-0.2, 0) is 6.54 Å². The summed E-state index contributed by atoms with van der Waals surface area (Å²) in [5, 5.41) is 3.45. The molecule has 0 aliphatic carbocycles. The Hall–Kier alpha value is -0.280. The smallest absolute Gasteiger partial charge is 0.0237 e. The van der Waals surface area contributed by atoms with Gasteiger partial charge >= 0.3 is 0 Å². The van der Waals surface area contributed by atoms with Crippen molar-refractivity contribution in [2.24, 2.45) is 0 Å². The van der Waals surface area contributed by atoms with Crippen LogP contribution in [0.2, 0.25) is 0 Å². The highest BCUT2D eigenvalue weighted by atomic mass is 35.5. The van der Waals surface area contributed by atoms with Crippen molar-refractivity contribution in [3.8, 4) is 0 Å². The maximum absolute atomic E-state index is 3.45. The molecule has 4 heteroatoms. The van der Waals surface area contributed by atoms with Crippen LogP contribution < -0.4 is 5.32 Å². The molecule has 1 N–H and O–H groups in total. The Bertz CT molecular complexity index is 293. The molecular weight excluding hydrogens is 255 g/mol. The van der Waals surface area contributed by atoms with Gasteiger partial charge in [-0.05, 0) is 25.5 Å². The fraction of sp³-hybridized carbons (Fsp3) is 0.538. The van der Waals surface area contributed by atoms with Crippen LogP contribution in [0.25, 0.3) is 0 Å². The maximum atomic E-state index is 3.45. The molecule has 1 atom stereocenters. The quantitative estimate of drug-likeness (QED) is 0.894. The molecule has 0 saturated carbocycles. The Labute approximate surface area is 117 Å². The molecule has 1 aromatic rings. The number of nitrogens with one attached hydrogen (secondary N) is 1. The van der Waals surface area contributed by atoms with Crippen LogP contribution in [0.5, 0.6) is 0 Å². The van der Waals surface area contributed by atoms with Crippen molar-refractivity contribution < 1.29 is 0 Å². The van der Waals surface area contributed by atoms with Crippen LogP contribution in [0.15, 0.2) is 30.3 Å². The average molecular weight is 277 g/mol. The highest BCUT2D eigenvalue weighted by Crippen LogP contribution is 2.11. The third kappa shape index (κ3) is 5.26. The van der Waals surface area contributed by atoms with Crippen molar-refractivity contribution in [1.82, 2.24) is 10.2 Å². The van der Waals surface area contributed by atoms with Gasteiger partial charge in [0.1, 0.15) is 0 Å². The van der Waals surface area contributed by atoms with E-state index >= 15 is 0 Å². The van der Waals surface area contributed by atoms with Crippen LogP contribution >= 0.6 is 24.8 Å². The van der Waals surface area contributed by atoms with E-state index in [1.807, 2.05) is 0 Å². The summed E-state index contributed by atoms with van der Waals surface area (Å²) in [7, 11) is 0. The van der Waals surface area contributed by atoms with Gasteiger partial charge in [0, 0.05) is 25.7 Å². The Morgan fingerprint density at radius 3 is 2.59 bits per heavy atom. The van der Waals surface area contributed by atoms with Gasteiger partial charge in [0.25, 0.3) is 0 Å². The molecular formula is C13H22Cl2N2. The molecule has 1 unspecified atom stereocenters. The topological polar surface area (TPSA) is 15.3 Å². The number of rotatable bonds is 2. The van der Waals surface area contributed by atoms with Gasteiger partial charge in [-0.2, -0.15) is 0 Å². The molecule has 0 aromatic heterocycles. The van der Waals surface area contributed by atoms with E-state index in [0.29, 0.717) is 6.04 Å². The van der Waals surface area contributed by atoms with Crippen molar-refractivity contribution in [2.75, 3.05) is 19.6 Å². The Kier molecular flexibility index (Phi) is 8.61. The highest BCUT2D eigenvalue weighted by Gasteiger charge is 2.16. The molecule has 1 fully saturated rings.